The maximum Gasteiger partial charge on any atom is 0.412 e. The highest BCUT2D eigenvalue weighted by Gasteiger charge is 2.08. The van der Waals surface area contributed by atoms with Crippen LogP contribution in [0.3, 0.4) is 0 Å². The molecule has 2 amide bonds. The molecule has 8 heteroatoms. The molecular formula is C13H15N5O3. The highest BCUT2D eigenvalue weighted by molar-refractivity contribution is 5.82. The van der Waals surface area contributed by atoms with E-state index < -0.39 is 6.09 Å². The SMILES string of the molecule is COC(=O)Nc1cnn(CC(=O)NCc2ccccc2)n1. The van der Waals surface area contributed by atoms with Gasteiger partial charge >= 0.3 is 6.09 Å². The molecular weight excluding hydrogens is 274 g/mol. The highest BCUT2D eigenvalue weighted by atomic mass is 16.5. The van der Waals surface area contributed by atoms with Crippen molar-refractivity contribution >= 4 is 17.8 Å². The molecule has 0 spiro atoms. The van der Waals surface area contributed by atoms with Crippen LogP contribution in [0.2, 0.25) is 0 Å². The molecule has 8 nitrogen and oxygen atoms in total. The zero-order chi connectivity index (χ0) is 15.1. The van der Waals surface area contributed by atoms with Gasteiger partial charge in [-0.25, -0.2) is 4.79 Å². The summed E-state index contributed by atoms with van der Waals surface area (Å²) in [6.07, 6.45) is 0.692. The van der Waals surface area contributed by atoms with Crippen LogP contribution >= 0.6 is 0 Å². The van der Waals surface area contributed by atoms with Crippen LogP contribution in [0.25, 0.3) is 0 Å². The average Bonchev–Trinajstić information content (AvgIpc) is 2.93. The molecule has 2 aromatic rings. The summed E-state index contributed by atoms with van der Waals surface area (Å²) in [5, 5.41) is 12.9. The van der Waals surface area contributed by atoms with Crippen molar-refractivity contribution in [3.05, 3.63) is 42.1 Å². The van der Waals surface area contributed by atoms with Gasteiger partial charge in [0.2, 0.25) is 5.91 Å². The van der Waals surface area contributed by atoms with Gasteiger partial charge in [-0.05, 0) is 5.56 Å². The first-order valence-corrected chi connectivity index (χ1v) is 6.23. The molecule has 2 rings (SSSR count). The summed E-state index contributed by atoms with van der Waals surface area (Å²) in [5.41, 5.74) is 1.01. The Labute approximate surface area is 121 Å². The molecule has 1 aromatic heterocycles. The molecule has 0 unspecified atom stereocenters. The zero-order valence-electron chi connectivity index (χ0n) is 11.4. The van der Waals surface area contributed by atoms with E-state index in [9.17, 15) is 9.59 Å². The minimum absolute atomic E-state index is 0.0321. The number of ether oxygens (including phenoxy) is 1. The Bertz CT molecular complexity index is 611. The van der Waals surface area contributed by atoms with Gasteiger partial charge in [0, 0.05) is 6.54 Å². The van der Waals surface area contributed by atoms with Crippen molar-refractivity contribution in [3.63, 3.8) is 0 Å². The second kappa shape index (κ2) is 7.04. The van der Waals surface area contributed by atoms with Crippen molar-refractivity contribution in [2.75, 3.05) is 12.4 Å². The summed E-state index contributed by atoms with van der Waals surface area (Å²) in [7, 11) is 1.25. The number of carbonyl (C=O) groups is 2. The minimum Gasteiger partial charge on any atom is -0.453 e. The molecule has 0 aliphatic carbocycles. The average molecular weight is 289 g/mol. The molecule has 0 aliphatic heterocycles. The first-order valence-electron chi connectivity index (χ1n) is 6.23. The number of anilines is 1. The van der Waals surface area contributed by atoms with E-state index in [0.717, 1.165) is 5.56 Å². The van der Waals surface area contributed by atoms with Crippen LogP contribution in [-0.2, 0) is 22.6 Å². The predicted molar refractivity (Wildman–Crippen MR) is 74.3 cm³/mol. The van der Waals surface area contributed by atoms with Gasteiger partial charge in [0.25, 0.3) is 0 Å². The van der Waals surface area contributed by atoms with Gasteiger partial charge in [0.05, 0.1) is 13.3 Å². The Hall–Kier alpha value is -2.90. The molecule has 0 saturated heterocycles. The molecule has 0 radical (unpaired) electrons. The van der Waals surface area contributed by atoms with Crippen LogP contribution in [0.15, 0.2) is 36.5 Å². The summed E-state index contributed by atoms with van der Waals surface area (Å²) >= 11 is 0. The van der Waals surface area contributed by atoms with E-state index in [4.69, 9.17) is 0 Å². The van der Waals surface area contributed by atoms with Crippen molar-refractivity contribution in [3.8, 4) is 0 Å². The fourth-order valence-electron chi connectivity index (χ4n) is 1.57. The Morgan fingerprint density at radius 3 is 2.76 bits per heavy atom. The number of amides is 2. The first kappa shape index (κ1) is 14.5. The van der Waals surface area contributed by atoms with E-state index in [1.165, 1.54) is 18.1 Å². The van der Waals surface area contributed by atoms with Crippen LogP contribution < -0.4 is 10.6 Å². The summed E-state index contributed by atoms with van der Waals surface area (Å²) in [6, 6.07) is 9.56. The van der Waals surface area contributed by atoms with Gasteiger partial charge < -0.3 is 10.1 Å². The van der Waals surface area contributed by atoms with Crippen LogP contribution in [-0.4, -0.2) is 34.1 Å². The molecule has 0 saturated carbocycles. The van der Waals surface area contributed by atoms with Gasteiger partial charge in [-0.2, -0.15) is 9.90 Å². The van der Waals surface area contributed by atoms with Crippen LogP contribution in [0.1, 0.15) is 5.56 Å². The second-order valence-electron chi connectivity index (χ2n) is 4.14. The molecule has 21 heavy (non-hydrogen) atoms. The quantitative estimate of drug-likeness (QED) is 0.847. The fraction of sp³-hybridized carbons (Fsp3) is 0.231. The third-order valence-corrected chi connectivity index (χ3v) is 2.57. The smallest absolute Gasteiger partial charge is 0.412 e. The monoisotopic (exact) mass is 289 g/mol. The molecule has 0 aliphatic rings. The van der Waals surface area contributed by atoms with Crippen molar-refractivity contribution in [2.24, 2.45) is 0 Å². The van der Waals surface area contributed by atoms with E-state index in [1.807, 2.05) is 30.3 Å². The number of nitrogens with zero attached hydrogens (tertiary/aromatic N) is 3. The van der Waals surface area contributed by atoms with Crippen LogP contribution in [0.4, 0.5) is 10.6 Å². The van der Waals surface area contributed by atoms with Crippen molar-refractivity contribution in [1.29, 1.82) is 0 Å². The second-order valence-corrected chi connectivity index (χ2v) is 4.14. The van der Waals surface area contributed by atoms with E-state index in [0.29, 0.717) is 6.54 Å². The predicted octanol–water partition coefficient (Wildman–Crippen LogP) is 0.773. The lowest BCUT2D eigenvalue weighted by molar-refractivity contribution is -0.122. The van der Waals surface area contributed by atoms with E-state index in [2.05, 4.69) is 25.6 Å². The molecule has 1 heterocycles. The Morgan fingerprint density at radius 2 is 2.05 bits per heavy atom. The lowest BCUT2D eigenvalue weighted by Gasteiger charge is -2.04. The number of methoxy groups -OCH3 is 1. The van der Waals surface area contributed by atoms with Crippen molar-refractivity contribution in [1.82, 2.24) is 20.3 Å². The topological polar surface area (TPSA) is 98.1 Å². The standard InChI is InChI=1S/C13H15N5O3/c1-21-13(20)16-11-8-15-18(17-11)9-12(19)14-7-10-5-3-2-4-6-10/h2-6,8H,7,9H2,1H3,(H,14,19)(H,16,17,20). The Balaban J connectivity index is 1.81. The van der Waals surface area contributed by atoms with E-state index >= 15 is 0 Å². The number of carbonyl (C=O) groups excluding carboxylic acids is 2. The third-order valence-electron chi connectivity index (χ3n) is 2.57. The highest BCUT2D eigenvalue weighted by Crippen LogP contribution is 2.00. The largest absolute Gasteiger partial charge is 0.453 e. The van der Waals surface area contributed by atoms with Crippen LogP contribution in [0.5, 0.6) is 0 Å². The maximum atomic E-state index is 11.7. The summed E-state index contributed by atoms with van der Waals surface area (Å²) in [6.45, 7) is 0.407. The van der Waals surface area contributed by atoms with Gasteiger partial charge in [-0.1, -0.05) is 30.3 Å². The van der Waals surface area contributed by atoms with E-state index in [1.54, 1.807) is 0 Å². The van der Waals surface area contributed by atoms with Gasteiger partial charge in [-0.3, -0.25) is 10.1 Å². The zero-order valence-corrected chi connectivity index (χ0v) is 11.4. The lowest BCUT2D eigenvalue weighted by atomic mass is 10.2. The molecule has 0 bridgehead atoms. The Kier molecular flexibility index (Phi) is 4.86. The van der Waals surface area contributed by atoms with Gasteiger partial charge in [-0.15, -0.1) is 5.10 Å². The Morgan fingerprint density at radius 1 is 1.29 bits per heavy atom. The number of benzene rings is 1. The number of rotatable bonds is 5. The lowest BCUT2D eigenvalue weighted by Crippen LogP contribution is -2.28. The molecule has 0 fully saturated rings. The number of nitrogens with one attached hydrogen (secondary N) is 2. The first-order chi connectivity index (χ1) is 10.2. The van der Waals surface area contributed by atoms with Crippen molar-refractivity contribution < 1.29 is 14.3 Å². The normalized spacial score (nSPS) is 9.95. The third kappa shape index (κ3) is 4.60. The molecule has 2 N–H and O–H groups in total. The van der Waals surface area contributed by atoms with Gasteiger partial charge in [0.1, 0.15) is 6.54 Å². The number of hydrogen-bond acceptors (Lipinski definition) is 5. The number of hydrogen-bond donors (Lipinski definition) is 2. The minimum atomic E-state index is -0.643. The fourth-order valence-corrected chi connectivity index (χ4v) is 1.57. The molecule has 110 valence electrons. The summed E-state index contributed by atoms with van der Waals surface area (Å²) in [5.74, 6) is -0.00298. The number of aromatic nitrogens is 3. The van der Waals surface area contributed by atoms with E-state index in [-0.39, 0.29) is 18.3 Å². The molecule has 1 aromatic carbocycles. The molecule has 0 atom stereocenters. The summed E-state index contributed by atoms with van der Waals surface area (Å²) in [4.78, 5) is 23.9. The van der Waals surface area contributed by atoms with Crippen LogP contribution in [0, 0.1) is 0 Å². The maximum absolute atomic E-state index is 11.7. The van der Waals surface area contributed by atoms with Crippen molar-refractivity contribution in [2.45, 2.75) is 13.1 Å². The summed E-state index contributed by atoms with van der Waals surface area (Å²) < 4.78 is 4.43. The van der Waals surface area contributed by atoms with Gasteiger partial charge in [0.15, 0.2) is 5.82 Å².